The highest BCUT2D eigenvalue weighted by molar-refractivity contribution is 7.90. The molecule has 8 heteroatoms. The number of hydrogen-bond acceptors (Lipinski definition) is 4. The van der Waals surface area contributed by atoms with E-state index in [2.05, 4.69) is 9.44 Å². The molecule has 0 amide bonds. The van der Waals surface area contributed by atoms with Gasteiger partial charge in [0.1, 0.15) is 11.3 Å². The molecule has 4 N–H and O–H groups in total. The van der Waals surface area contributed by atoms with Gasteiger partial charge in [-0.05, 0) is 12.1 Å². The van der Waals surface area contributed by atoms with Crippen LogP contribution < -0.4 is 9.44 Å². The summed E-state index contributed by atoms with van der Waals surface area (Å²) in [5, 5.41) is 18.0. The fourth-order valence-corrected chi connectivity index (χ4v) is 2.05. The molecule has 0 bridgehead atoms. The van der Waals surface area contributed by atoms with Gasteiger partial charge >= 0.3 is 5.97 Å². The quantitative estimate of drug-likeness (QED) is 0.610. The van der Waals surface area contributed by atoms with Crippen molar-refractivity contribution in [1.29, 1.82) is 0 Å². The summed E-state index contributed by atoms with van der Waals surface area (Å²) >= 11 is 0. The second-order valence-corrected chi connectivity index (χ2v) is 4.64. The van der Waals surface area contributed by atoms with E-state index in [0.29, 0.717) is 0 Å². The monoisotopic (exact) mass is 260 g/mol. The molecule has 0 aliphatic heterocycles. The summed E-state index contributed by atoms with van der Waals surface area (Å²) in [6.07, 6.45) is 0. The molecular formula is C9H12N2O5S. The predicted molar refractivity (Wildman–Crippen MR) is 61.3 cm³/mol. The van der Waals surface area contributed by atoms with E-state index in [1.807, 2.05) is 0 Å². The Labute approximate surface area is 98.3 Å². The van der Waals surface area contributed by atoms with Crippen LogP contribution in [-0.4, -0.2) is 31.1 Å². The maximum absolute atomic E-state index is 11.3. The van der Waals surface area contributed by atoms with Crippen LogP contribution >= 0.6 is 0 Å². The van der Waals surface area contributed by atoms with E-state index in [-0.39, 0.29) is 17.8 Å². The molecular weight excluding hydrogens is 248 g/mol. The fraction of sp³-hybridized carbons (Fsp3) is 0.222. The molecule has 0 saturated heterocycles. The molecule has 0 atom stereocenters. The Hall–Kier alpha value is -1.80. The summed E-state index contributed by atoms with van der Waals surface area (Å²) in [7, 11) is -3.69. The number of rotatable bonds is 5. The second-order valence-electron chi connectivity index (χ2n) is 3.14. The minimum absolute atomic E-state index is 0.0773. The minimum Gasteiger partial charge on any atom is -0.507 e. The molecule has 1 rings (SSSR count). The Kier molecular flexibility index (Phi) is 3.92. The van der Waals surface area contributed by atoms with E-state index in [1.165, 1.54) is 6.07 Å². The summed E-state index contributed by atoms with van der Waals surface area (Å²) < 4.78 is 26.9. The molecule has 0 aliphatic carbocycles. The van der Waals surface area contributed by atoms with Crippen LogP contribution in [0.4, 0.5) is 5.69 Å². The van der Waals surface area contributed by atoms with Crippen molar-refractivity contribution in [3.05, 3.63) is 23.8 Å². The van der Waals surface area contributed by atoms with Crippen LogP contribution in [0.15, 0.2) is 18.2 Å². The molecule has 0 aliphatic rings. The van der Waals surface area contributed by atoms with Gasteiger partial charge in [0.25, 0.3) is 10.2 Å². The van der Waals surface area contributed by atoms with Gasteiger partial charge in [-0.25, -0.2) is 4.79 Å². The van der Waals surface area contributed by atoms with E-state index in [4.69, 9.17) is 5.11 Å². The number of aromatic carboxylic acids is 1. The Morgan fingerprint density at radius 1 is 1.41 bits per heavy atom. The Bertz CT molecular complexity index is 526. The van der Waals surface area contributed by atoms with E-state index in [0.717, 1.165) is 12.1 Å². The van der Waals surface area contributed by atoms with Gasteiger partial charge in [-0.2, -0.15) is 13.1 Å². The number of phenols is 1. The highest BCUT2D eigenvalue weighted by Crippen LogP contribution is 2.22. The fourth-order valence-electron chi connectivity index (χ4n) is 1.16. The van der Waals surface area contributed by atoms with E-state index in [9.17, 15) is 18.3 Å². The summed E-state index contributed by atoms with van der Waals surface area (Å²) in [5.74, 6) is -1.79. The lowest BCUT2D eigenvalue weighted by Gasteiger charge is -2.08. The smallest absolute Gasteiger partial charge is 0.339 e. The summed E-state index contributed by atoms with van der Waals surface area (Å²) in [6, 6.07) is 3.39. The van der Waals surface area contributed by atoms with E-state index >= 15 is 0 Å². The van der Waals surface area contributed by atoms with Crippen LogP contribution in [0, 0.1) is 0 Å². The number of carboxylic acids is 1. The predicted octanol–water partition coefficient (Wildman–Crippen LogP) is 0.357. The number of carbonyl (C=O) groups is 1. The van der Waals surface area contributed by atoms with Crippen LogP contribution in [0.5, 0.6) is 5.75 Å². The molecule has 0 fully saturated rings. The average molecular weight is 260 g/mol. The molecule has 0 radical (unpaired) electrons. The third kappa shape index (κ3) is 3.61. The topological polar surface area (TPSA) is 116 Å². The lowest BCUT2D eigenvalue weighted by atomic mass is 10.2. The van der Waals surface area contributed by atoms with E-state index in [1.54, 1.807) is 6.92 Å². The first-order valence-corrected chi connectivity index (χ1v) is 6.17. The molecule has 0 aromatic heterocycles. The van der Waals surface area contributed by atoms with Crippen LogP contribution in [0.1, 0.15) is 17.3 Å². The molecule has 94 valence electrons. The standard InChI is InChI=1S/C9H12N2O5S/c1-2-10-17(15,16)11-6-3-4-7(9(13)14)8(12)5-6/h3-5,10-12H,2H2,1H3,(H,13,14). The number of carboxylic acid groups (broad SMARTS) is 1. The summed E-state index contributed by atoms with van der Waals surface area (Å²) in [4.78, 5) is 10.6. The van der Waals surface area contributed by atoms with Crippen LogP contribution in [-0.2, 0) is 10.2 Å². The third-order valence-corrected chi connectivity index (χ3v) is 2.99. The lowest BCUT2D eigenvalue weighted by molar-refractivity contribution is 0.0694. The highest BCUT2D eigenvalue weighted by Gasteiger charge is 2.12. The largest absolute Gasteiger partial charge is 0.507 e. The zero-order chi connectivity index (χ0) is 13.1. The number of nitrogens with one attached hydrogen (secondary N) is 2. The number of hydrogen-bond donors (Lipinski definition) is 4. The second kappa shape index (κ2) is 5.02. The SMILES string of the molecule is CCNS(=O)(=O)Nc1ccc(C(=O)O)c(O)c1. The first-order valence-electron chi connectivity index (χ1n) is 4.69. The Morgan fingerprint density at radius 2 is 2.06 bits per heavy atom. The maximum Gasteiger partial charge on any atom is 0.339 e. The maximum atomic E-state index is 11.3. The molecule has 0 heterocycles. The van der Waals surface area contributed by atoms with Crippen molar-refractivity contribution in [3.8, 4) is 5.75 Å². The van der Waals surface area contributed by atoms with Gasteiger partial charge < -0.3 is 10.2 Å². The van der Waals surface area contributed by atoms with Crippen LogP contribution in [0.3, 0.4) is 0 Å². The van der Waals surface area contributed by atoms with Crippen LogP contribution in [0.25, 0.3) is 0 Å². The van der Waals surface area contributed by atoms with Gasteiger partial charge in [0.2, 0.25) is 0 Å². The van der Waals surface area contributed by atoms with Gasteiger partial charge in [-0.3, -0.25) is 4.72 Å². The van der Waals surface area contributed by atoms with Crippen molar-refractivity contribution in [1.82, 2.24) is 4.72 Å². The number of aromatic hydroxyl groups is 1. The molecule has 0 spiro atoms. The molecule has 1 aromatic rings. The minimum atomic E-state index is -3.69. The van der Waals surface area contributed by atoms with Crippen molar-refractivity contribution in [2.45, 2.75) is 6.92 Å². The van der Waals surface area contributed by atoms with Gasteiger partial charge in [0.15, 0.2) is 0 Å². The Balaban J connectivity index is 2.96. The van der Waals surface area contributed by atoms with Crippen molar-refractivity contribution in [3.63, 3.8) is 0 Å². The lowest BCUT2D eigenvalue weighted by Crippen LogP contribution is -2.29. The summed E-state index contributed by atoms with van der Waals surface area (Å²) in [6.45, 7) is 1.83. The van der Waals surface area contributed by atoms with Crippen molar-refractivity contribution in [2.24, 2.45) is 0 Å². The molecule has 1 aromatic carbocycles. The molecule has 7 nitrogen and oxygen atoms in total. The van der Waals surface area contributed by atoms with Crippen molar-refractivity contribution in [2.75, 3.05) is 11.3 Å². The van der Waals surface area contributed by atoms with Crippen LogP contribution in [0.2, 0.25) is 0 Å². The Morgan fingerprint density at radius 3 is 2.53 bits per heavy atom. The zero-order valence-corrected chi connectivity index (χ0v) is 9.78. The molecule has 17 heavy (non-hydrogen) atoms. The third-order valence-electron chi connectivity index (χ3n) is 1.81. The van der Waals surface area contributed by atoms with Crippen molar-refractivity contribution >= 4 is 21.9 Å². The molecule has 0 unspecified atom stereocenters. The number of anilines is 1. The zero-order valence-electron chi connectivity index (χ0n) is 8.97. The van der Waals surface area contributed by atoms with Gasteiger partial charge in [0, 0.05) is 12.6 Å². The average Bonchev–Trinajstić information content (AvgIpc) is 2.15. The molecule has 0 saturated carbocycles. The van der Waals surface area contributed by atoms with Gasteiger partial charge in [0.05, 0.1) is 5.69 Å². The van der Waals surface area contributed by atoms with Gasteiger partial charge in [-0.1, -0.05) is 6.92 Å². The van der Waals surface area contributed by atoms with Gasteiger partial charge in [-0.15, -0.1) is 0 Å². The van der Waals surface area contributed by atoms with Crippen molar-refractivity contribution < 1.29 is 23.4 Å². The summed E-state index contributed by atoms with van der Waals surface area (Å²) in [5.41, 5.74) is -0.218. The highest BCUT2D eigenvalue weighted by atomic mass is 32.2. The van der Waals surface area contributed by atoms with E-state index < -0.39 is 21.9 Å². The first kappa shape index (κ1) is 13.3. The normalized spacial score (nSPS) is 11.1. The first-order chi connectivity index (χ1) is 7.85. The number of benzene rings is 1.